The van der Waals surface area contributed by atoms with Gasteiger partial charge in [-0.15, -0.1) is 0 Å². The number of hydrogen-bond acceptors (Lipinski definition) is 3. The molecule has 0 aliphatic carbocycles. The number of ketones is 1. The number of methoxy groups -OCH3 is 1. The molecule has 2 rings (SSSR count). The zero-order valence-corrected chi connectivity index (χ0v) is 11.2. The summed E-state index contributed by atoms with van der Waals surface area (Å²) in [7, 11) is 1.62. The fourth-order valence-electron chi connectivity index (χ4n) is 2.46. The number of Topliss-reactive ketones (excluding diaryl/α,β-unsaturated/α-hetero) is 1. The first-order valence-electron chi connectivity index (χ1n) is 6.68. The monoisotopic (exact) mass is 247 g/mol. The molecule has 18 heavy (non-hydrogen) atoms. The quantitative estimate of drug-likeness (QED) is 0.813. The lowest BCUT2D eigenvalue weighted by Crippen LogP contribution is -2.24. The summed E-state index contributed by atoms with van der Waals surface area (Å²) in [6, 6.07) is 6.22. The molecule has 1 aromatic rings. The largest absolute Gasteiger partial charge is 0.496 e. The van der Waals surface area contributed by atoms with Gasteiger partial charge in [-0.2, -0.15) is 0 Å². The van der Waals surface area contributed by atoms with Crippen LogP contribution in [0.1, 0.15) is 42.1 Å². The number of carbonyl (C=O) groups excluding carboxylic acids is 1. The predicted molar refractivity (Wildman–Crippen MR) is 72.3 cm³/mol. The molecule has 1 N–H and O–H groups in total. The molecule has 0 radical (unpaired) electrons. The van der Waals surface area contributed by atoms with E-state index >= 15 is 0 Å². The molecule has 1 heterocycles. The first-order valence-corrected chi connectivity index (χ1v) is 6.68. The second-order valence-corrected chi connectivity index (χ2v) is 4.81. The van der Waals surface area contributed by atoms with Crippen LogP contribution in [0.4, 0.5) is 0 Å². The van der Waals surface area contributed by atoms with Gasteiger partial charge >= 0.3 is 0 Å². The highest BCUT2D eigenvalue weighted by atomic mass is 16.5. The van der Waals surface area contributed by atoms with Crippen molar-refractivity contribution in [2.75, 3.05) is 13.7 Å². The zero-order valence-electron chi connectivity index (χ0n) is 11.2. The van der Waals surface area contributed by atoms with Crippen molar-refractivity contribution in [2.24, 2.45) is 0 Å². The van der Waals surface area contributed by atoms with E-state index in [-0.39, 0.29) is 5.78 Å². The van der Waals surface area contributed by atoms with Crippen molar-refractivity contribution in [1.82, 2.24) is 5.32 Å². The van der Waals surface area contributed by atoms with Crippen LogP contribution < -0.4 is 10.1 Å². The number of hydrogen-bond donors (Lipinski definition) is 1. The Hall–Kier alpha value is -1.35. The normalized spacial score (nSPS) is 18.9. The van der Waals surface area contributed by atoms with Gasteiger partial charge in [0.15, 0.2) is 5.78 Å². The van der Waals surface area contributed by atoms with Gasteiger partial charge in [0.1, 0.15) is 5.75 Å². The Labute approximate surface area is 109 Å². The van der Waals surface area contributed by atoms with Crippen LogP contribution in [0, 0.1) is 0 Å². The van der Waals surface area contributed by atoms with Gasteiger partial charge in [0.2, 0.25) is 0 Å². The van der Waals surface area contributed by atoms with E-state index in [1.807, 2.05) is 18.2 Å². The van der Waals surface area contributed by atoms with Crippen molar-refractivity contribution in [1.29, 1.82) is 0 Å². The molecular formula is C15H21NO2. The summed E-state index contributed by atoms with van der Waals surface area (Å²) in [5.41, 5.74) is 1.91. The van der Waals surface area contributed by atoms with Crippen LogP contribution in [0.25, 0.3) is 0 Å². The number of rotatable bonds is 5. The van der Waals surface area contributed by atoms with Crippen molar-refractivity contribution < 1.29 is 9.53 Å². The lowest BCUT2D eigenvalue weighted by Gasteiger charge is -2.12. The van der Waals surface area contributed by atoms with Crippen LogP contribution in [0.5, 0.6) is 5.75 Å². The van der Waals surface area contributed by atoms with E-state index in [4.69, 9.17) is 4.74 Å². The molecule has 3 nitrogen and oxygen atoms in total. The molecule has 1 unspecified atom stereocenters. The highest BCUT2D eigenvalue weighted by Crippen LogP contribution is 2.23. The van der Waals surface area contributed by atoms with E-state index < -0.39 is 0 Å². The molecular weight excluding hydrogens is 226 g/mol. The molecule has 1 saturated heterocycles. The van der Waals surface area contributed by atoms with Crippen LogP contribution in [0.3, 0.4) is 0 Å². The van der Waals surface area contributed by atoms with Gasteiger partial charge in [-0.1, -0.05) is 13.0 Å². The first-order chi connectivity index (χ1) is 8.74. The summed E-state index contributed by atoms with van der Waals surface area (Å²) in [5, 5.41) is 3.36. The third-order valence-corrected chi connectivity index (χ3v) is 3.57. The van der Waals surface area contributed by atoms with E-state index in [0.717, 1.165) is 24.9 Å². The Morgan fingerprint density at radius 1 is 1.50 bits per heavy atom. The third-order valence-electron chi connectivity index (χ3n) is 3.57. The van der Waals surface area contributed by atoms with Crippen LogP contribution in [0.15, 0.2) is 18.2 Å². The standard InChI is InChI=1S/C15H21NO2/c1-3-11-6-7-15(18-2)13(9-11)14(17)10-12-5-4-8-16-12/h6-7,9,12,16H,3-5,8,10H2,1-2H3. The number of carbonyl (C=O) groups is 1. The smallest absolute Gasteiger partial charge is 0.168 e. The fraction of sp³-hybridized carbons (Fsp3) is 0.533. The van der Waals surface area contributed by atoms with Gasteiger partial charge in [0, 0.05) is 12.5 Å². The Morgan fingerprint density at radius 2 is 2.33 bits per heavy atom. The van der Waals surface area contributed by atoms with Crippen LogP contribution in [-0.2, 0) is 6.42 Å². The zero-order chi connectivity index (χ0) is 13.0. The predicted octanol–water partition coefficient (Wildman–Crippen LogP) is 2.58. The van der Waals surface area contributed by atoms with Gasteiger partial charge < -0.3 is 10.1 Å². The third kappa shape index (κ3) is 2.91. The van der Waals surface area contributed by atoms with Crippen LogP contribution in [-0.4, -0.2) is 25.5 Å². The molecule has 0 spiro atoms. The summed E-state index contributed by atoms with van der Waals surface area (Å²) < 4.78 is 5.29. The minimum atomic E-state index is 0.182. The molecule has 0 aromatic heterocycles. The average molecular weight is 247 g/mol. The second kappa shape index (κ2) is 6.01. The first kappa shape index (κ1) is 13.1. The Bertz CT molecular complexity index is 423. The summed E-state index contributed by atoms with van der Waals surface area (Å²) in [6.07, 6.45) is 3.78. The summed E-state index contributed by atoms with van der Waals surface area (Å²) >= 11 is 0. The molecule has 1 aromatic carbocycles. The number of aryl methyl sites for hydroxylation is 1. The SMILES string of the molecule is CCc1ccc(OC)c(C(=O)CC2CCCN2)c1. The molecule has 3 heteroatoms. The molecule has 1 aliphatic rings. The van der Waals surface area contributed by atoms with E-state index in [1.54, 1.807) is 7.11 Å². The number of nitrogens with one attached hydrogen (secondary N) is 1. The van der Waals surface area contributed by atoms with Gasteiger partial charge in [0.05, 0.1) is 12.7 Å². The lowest BCUT2D eigenvalue weighted by atomic mass is 9.99. The van der Waals surface area contributed by atoms with Crippen molar-refractivity contribution in [3.05, 3.63) is 29.3 Å². The van der Waals surface area contributed by atoms with Crippen molar-refractivity contribution in [3.8, 4) is 5.75 Å². The van der Waals surface area contributed by atoms with Gasteiger partial charge in [-0.25, -0.2) is 0 Å². The Morgan fingerprint density at radius 3 is 2.94 bits per heavy atom. The van der Waals surface area contributed by atoms with Gasteiger partial charge in [-0.05, 0) is 43.5 Å². The molecule has 1 aliphatic heterocycles. The highest BCUT2D eigenvalue weighted by Gasteiger charge is 2.20. The highest BCUT2D eigenvalue weighted by molar-refractivity contribution is 5.99. The fourth-order valence-corrected chi connectivity index (χ4v) is 2.46. The average Bonchev–Trinajstić information content (AvgIpc) is 2.90. The minimum Gasteiger partial charge on any atom is -0.496 e. The van der Waals surface area contributed by atoms with Crippen LogP contribution >= 0.6 is 0 Å². The van der Waals surface area contributed by atoms with Gasteiger partial charge in [-0.3, -0.25) is 4.79 Å². The Kier molecular flexibility index (Phi) is 4.37. The maximum atomic E-state index is 12.3. The summed E-state index contributed by atoms with van der Waals surface area (Å²) in [6.45, 7) is 3.12. The Balaban J connectivity index is 2.16. The molecule has 0 saturated carbocycles. The van der Waals surface area contributed by atoms with E-state index in [2.05, 4.69) is 12.2 Å². The maximum absolute atomic E-state index is 12.3. The van der Waals surface area contributed by atoms with E-state index in [1.165, 1.54) is 12.0 Å². The van der Waals surface area contributed by atoms with Crippen molar-refractivity contribution >= 4 is 5.78 Å². The number of benzene rings is 1. The van der Waals surface area contributed by atoms with E-state index in [9.17, 15) is 4.79 Å². The van der Waals surface area contributed by atoms with Crippen molar-refractivity contribution in [3.63, 3.8) is 0 Å². The summed E-state index contributed by atoms with van der Waals surface area (Å²) in [4.78, 5) is 12.3. The molecule has 0 bridgehead atoms. The number of ether oxygens (including phenoxy) is 1. The van der Waals surface area contributed by atoms with Crippen LogP contribution in [0.2, 0.25) is 0 Å². The molecule has 98 valence electrons. The van der Waals surface area contributed by atoms with Crippen molar-refractivity contribution in [2.45, 2.75) is 38.6 Å². The van der Waals surface area contributed by atoms with Gasteiger partial charge in [0.25, 0.3) is 0 Å². The molecule has 0 amide bonds. The maximum Gasteiger partial charge on any atom is 0.168 e. The summed E-state index contributed by atoms with van der Waals surface area (Å²) in [5.74, 6) is 0.872. The van der Waals surface area contributed by atoms with E-state index in [0.29, 0.717) is 18.2 Å². The topological polar surface area (TPSA) is 38.3 Å². The molecule has 1 fully saturated rings. The minimum absolute atomic E-state index is 0.182. The second-order valence-electron chi connectivity index (χ2n) is 4.81. The molecule has 1 atom stereocenters. The lowest BCUT2D eigenvalue weighted by molar-refractivity contribution is 0.0968.